The minimum absolute atomic E-state index is 0.0831. The molecule has 0 spiro atoms. The van der Waals surface area contributed by atoms with E-state index < -0.39 is 0 Å². The van der Waals surface area contributed by atoms with Crippen molar-refractivity contribution in [1.29, 1.82) is 0 Å². The van der Waals surface area contributed by atoms with Crippen LogP contribution < -0.4 is 0 Å². The second-order valence-electron chi connectivity index (χ2n) is 25.9. The Morgan fingerprint density at radius 2 is 0.400 bits per heavy atom. The largest absolute Gasteiger partial charge is 0.0622 e. The van der Waals surface area contributed by atoms with E-state index in [1.165, 1.54) is 177 Å². The Balaban J connectivity index is 0.721. The summed E-state index contributed by atoms with van der Waals surface area (Å²) in [5.41, 5.74) is 31.0. The van der Waals surface area contributed by atoms with Crippen LogP contribution in [-0.2, 0) is 16.2 Å². The molecule has 402 valence electrons. The van der Waals surface area contributed by atoms with E-state index in [0.29, 0.717) is 0 Å². The van der Waals surface area contributed by atoms with Crippen molar-refractivity contribution in [3.63, 3.8) is 0 Å². The highest BCUT2D eigenvalue weighted by Gasteiger charge is 2.39. The molecule has 0 heterocycles. The number of rotatable bonds is 6. The molecule has 0 heteroatoms. The van der Waals surface area contributed by atoms with Crippen molar-refractivity contribution >= 4 is 43.1 Å². The number of benzene rings is 14. The standard InChI is InChI=1S/C85H62/c1-83(2)73-34-19-18-25-59(73)60-42-37-56(48-76(60)83)80-69-30-14-16-32-71(69)82(72-33-17-15-31-70(72)80)58-39-44-64-62-41-36-54(47-75(62)85(5,6)78(64)50-58)53-35-40-61-63-43-38-57(49-77(63)84(3,4)74(61)46-53)81-67-28-12-10-26-65(67)79(66-27-11-13-29-68(66)81)55-24-20-23-52(45-55)51-21-8-7-9-22-51/h7-50H,1-6H3. The Morgan fingerprint density at radius 3 is 0.765 bits per heavy atom. The van der Waals surface area contributed by atoms with E-state index >= 15 is 0 Å². The lowest BCUT2D eigenvalue weighted by Gasteiger charge is -2.24. The molecule has 14 aromatic rings. The van der Waals surface area contributed by atoms with Crippen molar-refractivity contribution in [2.24, 2.45) is 0 Å². The van der Waals surface area contributed by atoms with Gasteiger partial charge in [-0.2, -0.15) is 0 Å². The molecule has 0 aliphatic heterocycles. The maximum absolute atomic E-state index is 2.52. The lowest BCUT2D eigenvalue weighted by atomic mass is 9.79. The molecule has 0 bridgehead atoms. The molecule has 0 saturated carbocycles. The maximum Gasteiger partial charge on any atom is 0.0159 e. The van der Waals surface area contributed by atoms with E-state index in [1.54, 1.807) is 0 Å². The number of hydrogen-bond acceptors (Lipinski definition) is 0. The highest BCUT2D eigenvalue weighted by molar-refractivity contribution is 6.23. The maximum atomic E-state index is 2.52. The molecule has 14 aromatic carbocycles. The predicted octanol–water partition coefficient (Wildman–Crippen LogP) is 23.2. The quantitative estimate of drug-likeness (QED) is 0.146. The molecule has 0 aromatic heterocycles. The van der Waals surface area contributed by atoms with Crippen LogP contribution in [0.15, 0.2) is 267 Å². The highest BCUT2D eigenvalue weighted by atomic mass is 14.4. The summed E-state index contributed by atoms with van der Waals surface area (Å²) >= 11 is 0. The normalized spacial score (nSPS) is 14.5. The van der Waals surface area contributed by atoms with Crippen LogP contribution in [0.3, 0.4) is 0 Å². The smallest absolute Gasteiger partial charge is 0.0159 e. The van der Waals surface area contributed by atoms with Gasteiger partial charge in [0, 0.05) is 16.2 Å². The molecule has 0 unspecified atom stereocenters. The van der Waals surface area contributed by atoms with Gasteiger partial charge in [0.15, 0.2) is 0 Å². The predicted molar refractivity (Wildman–Crippen MR) is 362 cm³/mol. The Labute approximate surface area is 498 Å². The average molecular weight is 1080 g/mol. The SMILES string of the molecule is CC1(C)c2ccccc2-c2ccc(-c3c4ccccc4c(-c4ccc5c(c4)C(C)(C)c4cc(-c6ccc7c(c6)C(C)(C)c6cc(-c8c9ccccc9c(-c9cccc(-c%10ccccc%10)c9)c9ccccc89)ccc6-7)ccc4-5)c4ccccc34)cc21. The van der Waals surface area contributed by atoms with Gasteiger partial charge in [-0.25, -0.2) is 0 Å². The minimum Gasteiger partial charge on any atom is -0.0622 e. The zero-order valence-corrected chi connectivity index (χ0v) is 48.9. The zero-order valence-electron chi connectivity index (χ0n) is 48.9. The van der Waals surface area contributed by atoms with E-state index in [1.807, 2.05) is 0 Å². The van der Waals surface area contributed by atoms with Crippen LogP contribution in [0.25, 0.3) is 143 Å². The summed E-state index contributed by atoms with van der Waals surface area (Å²) in [4.78, 5) is 0. The van der Waals surface area contributed by atoms with Crippen LogP contribution >= 0.6 is 0 Å². The summed E-state index contributed by atoms with van der Waals surface area (Å²) in [5, 5.41) is 10.2. The van der Waals surface area contributed by atoms with Gasteiger partial charge in [-0.15, -0.1) is 0 Å². The van der Waals surface area contributed by atoms with Crippen LogP contribution in [0.5, 0.6) is 0 Å². The van der Waals surface area contributed by atoms with Gasteiger partial charge in [0.2, 0.25) is 0 Å². The molecule has 3 aliphatic carbocycles. The third-order valence-electron chi connectivity index (χ3n) is 20.3. The minimum atomic E-state index is -0.224. The van der Waals surface area contributed by atoms with Crippen LogP contribution in [0.2, 0.25) is 0 Å². The Kier molecular flexibility index (Phi) is 10.6. The molecule has 0 radical (unpaired) electrons. The van der Waals surface area contributed by atoms with Crippen LogP contribution in [0.4, 0.5) is 0 Å². The molecule has 0 saturated heterocycles. The number of hydrogen-bond donors (Lipinski definition) is 0. The molecular weight excluding hydrogens is 1020 g/mol. The monoisotopic (exact) mass is 1080 g/mol. The molecule has 0 amide bonds. The van der Waals surface area contributed by atoms with Gasteiger partial charge in [-0.3, -0.25) is 0 Å². The third-order valence-corrected chi connectivity index (χ3v) is 20.3. The van der Waals surface area contributed by atoms with Gasteiger partial charge in [0.1, 0.15) is 0 Å². The van der Waals surface area contributed by atoms with E-state index in [2.05, 4.69) is 308 Å². The first-order valence-electron chi connectivity index (χ1n) is 30.3. The molecule has 17 rings (SSSR count). The molecule has 3 aliphatic rings. The van der Waals surface area contributed by atoms with E-state index in [-0.39, 0.29) is 16.2 Å². The Bertz CT molecular complexity index is 5080. The topological polar surface area (TPSA) is 0 Å². The van der Waals surface area contributed by atoms with Gasteiger partial charge in [0.25, 0.3) is 0 Å². The fourth-order valence-electron chi connectivity index (χ4n) is 16.0. The fraction of sp³-hybridized carbons (Fsp3) is 0.106. The summed E-state index contributed by atoms with van der Waals surface area (Å²) in [6.45, 7) is 14.5. The summed E-state index contributed by atoms with van der Waals surface area (Å²) in [6.07, 6.45) is 0. The van der Waals surface area contributed by atoms with Crippen molar-refractivity contribution < 1.29 is 0 Å². The highest BCUT2D eigenvalue weighted by Crippen LogP contribution is 2.56. The van der Waals surface area contributed by atoms with Crippen LogP contribution in [-0.4, -0.2) is 0 Å². The second kappa shape index (κ2) is 18.1. The van der Waals surface area contributed by atoms with E-state index in [4.69, 9.17) is 0 Å². The van der Waals surface area contributed by atoms with Crippen molar-refractivity contribution in [2.75, 3.05) is 0 Å². The van der Waals surface area contributed by atoms with Gasteiger partial charge in [-0.1, -0.05) is 272 Å². The Hall–Kier alpha value is -9.88. The van der Waals surface area contributed by atoms with Crippen molar-refractivity contribution in [1.82, 2.24) is 0 Å². The van der Waals surface area contributed by atoms with Crippen molar-refractivity contribution in [2.45, 2.75) is 57.8 Å². The van der Waals surface area contributed by atoms with Crippen LogP contribution in [0.1, 0.15) is 74.9 Å². The van der Waals surface area contributed by atoms with E-state index in [0.717, 1.165) is 0 Å². The average Bonchev–Trinajstić information content (AvgIpc) is 2.22. The number of fused-ring (bicyclic) bond motifs is 13. The summed E-state index contributed by atoms with van der Waals surface area (Å²) in [5.74, 6) is 0. The zero-order chi connectivity index (χ0) is 57.1. The van der Waals surface area contributed by atoms with Gasteiger partial charge >= 0.3 is 0 Å². The summed E-state index contributed by atoms with van der Waals surface area (Å²) in [6, 6.07) is 101. The molecule has 0 fully saturated rings. The molecule has 0 nitrogen and oxygen atoms in total. The molecule has 0 atom stereocenters. The first-order valence-corrected chi connectivity index (χ1v) is 30.3. The lowest BCUT2D eigenvalue weighted by molar-refractivity contribution is 0.660. The molecule has 85 heavy (non-hydrogen) atoms. The van der Waals surface area contributed by atoms with Gasteiger partial charge in [-0.05, 0) is 213 Å². The second-order valence-corrected chi connectivity index (χ2v) is 25.9. The fourth-order valence-corrected chi connectivity index (χ4v) is 16.0. The van der Waals surface area contributed by atoms with Crippen molar-refractivity contribution in [3.05, 3.63) is 300 Å². The Morgan fingerprint density at radius 1 is 0.165 bits per heavy atom. The third kappa shape index (κ3) is 7.16. The van der Waals surface area contributed by atoms with Gasteiger partial charge < -0.3 is 0 Å². The first-order chi connectivity index (χ1) is 41.4. The first kappa shape index (κ1) is 49.7. The summed E-state index contributed by atoms with van der Waals surface area (Å²) < 4.78 is 0. The molecule has 0 N–H and O–H groups in total. The van der Waals surface area contributed by atoms with Crippen molar-refractivity contribution in [3.8, 4) is 100 Å². The molecular formula is C85H62. The summed E-state index contributed by atoms with van der Waals surface area (Å²) in [7, 11) is 0. The van der Waals surface area contributed by atoms with E-state index in [9.17, 15) is 0 Å². The van der Waals surface area contributed by atoms with Crippen LogP contribution in [0, 0.1) is 0 Å². The van der Waals surface area contributed by atoms with Gasteiger partial charge in [0.05, 0.1) is 0 Å². The lowest BCUT2D eigenvalue weighted by Crippen LogP contribution is -2.15.